The Morgan fingerprint density at radius 3 is 2.74 bits per heavy atom. The molecule has 3 N–H and O–H groups in total. The molecular weight excluding hydrogens is 444 g/mol. The summed E-state index contributed by atoms with van der Waals surface area (Å²) in [5.41, 5.74) is 11.0. The van der Waals surface area contributed by atoms with Crippen LogP contribution in [0.3, 0.4) is 0 Å². The summed E-state index contributed by atoms with van der Waals surface area (Å²) in [6.07, 6.45) is 3.43. The normalized spacial score (nSPS) is 11.1. The third-order valence-electron chi connectivity index (χ3n) is 5.75. The lowest BCUT2D eigenvalue weighted by Gasteiger charge is -2.16. The number of nitrogens with one attached hydrogen (secondary N) is 1. The van der Waals surface area contributed by atoms with Crippen LogP contribution in [0.2, 0.25) is 0 Å². The third-order valence-corrected chi connectivity index (χ3v) is 5.75. The van der Waals surface area contributed by atoms with Crippen molar-refractivity contribution >= 4 is 34.2 Å². The molecule has 9 nitrogen and oxygen atoms in total. The highest BCUT2D eigenvalue weighted by Crippen LogP contribution is 2.34. The number of hydrogen-bond acceptors (Lipinski definition) is 8. The van der Waals surface area contributed by atoms with Crippen LogP contribution in [0.4, 0.5) is 17.3 Å². The second kappa shape index (κ2) is 10.0. The number of esters is 1. The number of methoxy groups -OCH3 is 1. The minimum absolute atomic E-state index is 0.287. The Morgan fingerprint density at radius 1 is 1.23 bits per heavy atom. The quantitative estimate of drug-likeness (QED) is 0.292. The van der Waals surface area contributed by atoms with Gasteiger partial charge in [0.2, 0.25) is 5.95 Å². The molecule has 0 fully saturated rings. The van der Waals surface area contributed by atoms with Crippen LogP contribution in [-0.2, 0) is 11.8 Å². The number of nitrogens with zero attached hydrogens (tertiary/aromatic N) is 4. The highest BCUT2D eigenvalue weighted by atomic mass is 16.5. The van der Waals surface area contributed by atoms with Crippen molar-refractivity contribution in [3.05, 3.63) is 59.9 Å². The van der Waals surface area contributed by atoms with E-state index >= 15 is 0 Å². The highest BCUT2D eigenvalue weighted by molar-refractivity contribution is 6.02. The van der Waals surface area contributed by atoms with E-state index in [0.29, 0.717) is 29.7 Å². The lowest BCUT2D eigenvalue weighted by molar-refractivity contribution is 0.0601. The van der Waals surface area contributed by atoms with Gasteiger partial charge < -0.3 is 30.0 Å². The molecule has 0 unspecified atom stereocenters. The lowest BCUT2D eigenvalue weighted by Crippen LogP contribution is -2.19. The van der Waals surface area contributed by atoms with Crippen LogP contribution in [0.15, 0.2) is 48.8 Å². The molecule has 0 saturated carbocycles. The number of benzene rings is 2. The minimum Gasteiger partial charge on any atom is -0.490 e. The molecular formula is C26H30N6O3. The molecule has 35 heavy (non-hydrogen) atoms. The van der Waals surface area contributed by atoms with Gasteiger partial charge in [-0.2, -0.15) is 0 Å². The number of rotatable bonds is 8. The molecule has 0 saturated heterocycles. The summed E-state index contributed by atoms with van der Waals surface area (Å²) < 4.78 is 12.8. The molecule has 0 aliphatic rings. The maximum Gasteiger partial charge on any atom is 0.341 e. The predicted octanol–water partition coefficient (Wildman–Crippen LogP) is 4.00. The number of anilines is 3. The Morgan fingerprint density at radius 2 is 2.00 bits per heavy atom. The topological polar surface area (TPSA) is 108 Å². The van der Waals surface area contributed by atoms with Crippen molar-refractivity contribution in [3.8, 4) is 17.0 Å². The number of ether oxygens (including phenoxy) is 2. The van der Waals surface area contributed by atoms with Gasteiger partial charge in [-0.15, -0.1) is 0 Å². The number of aromatic nitrogens is 3. The third kappa shape index (κ3) is 5.04. The van der Waals surface area contributed by atoms with Crippen molar-refractivity contribution in [1.82, 2.24) is 19.4 Å². The van der Waals surface area contributed by atoms with E-state index in [0.717, 1.165) is 34.3 Å². The number of carbonyl (C=O) groups is 1. The van der Waals surface area contributed by atoms with Crippen molar-refractivity contribution in [2.45, 2.75) is 6.92 Å². The maximum atomic E-state index is 12.5. The fraction of sp³-hybridized carbons (Fsp3) is 0.269. The number of fused-ring (bicyclic) bond motifs is 1. The average Bonchev–Trinajstić information content (AvgIpc) is 3.18. The first kappa shape index (κ1) is 24.0. The fourth-order valence-electron chi connectivity index (χ4n) is 3.85. The Balaban J connectivity index is 1.70. The largest absolute Gasteiger partial charge is 0.490 e. The lowest BCUT2D eigenvalue weighted by atomic mass is 10.1. The van der Waals surface area contributed by atoms with Gasteiger partial charge in [0.05, 0.1) is 18.5 Å². The minimum atomic E-state index is -0.501. The SMILES string of the molecule is COC(=O)c1cnc(Nc2cc(N)c(OCCN(C)C)cc2C)nc1-c1cn(C)c2ccccc12. The van der Waals surface area contributed by atoms with E-state index in [2.05, 4.69) is 10.3 Å². The van der Waals surface area contributed by atoms with Crippen molar-refractivity contribution in [2.75, 3.05) is 45.4 Å². The molecule has 0 aliphatic heterocycles. The van der Waals surface area contributed by atoms with Gasteiger partial charge in [0.25, 0.3) is 0 Å². The van der Waals surface area contributed by atoms with E-state index in [4.69, 9.17) is 20.2 Å². The fourth-order valence-corrected chi connectivity index (χ4v) is 3.85. The summed E-state index contributed by atoms with van der Waals surface area (Å²) in [4.78, 5) is 23.7. The number of aryl methyl sites for hydroxylation is 2. The first-order valence-corrected chi connectivity index (χ1v) is 11.2. The molecule has 9 heteroatoms. The molecule has 0 amide bonds. The standard InChI is InChI=1S/C26H30N6O3/c1-16-12-23(35-11-10-31(2)3)20(27)13-21(16)29-26-28-14-18(25(33)34-5)24(30-26)19-15-32(4)22-9-7-6-8-17(19)22/h6-9,12-15H,10-11,27H2,1-5H3,(H,28,29,30). The summed E-state index contributed by atoms with van der Waals surface area (Å²) in [5, 5.41) is 4.22. The molecule has 0 aliphatic carbocycles. The molecule has 4 aromatic rings. The summed E-state index contributed by atoms with van der Waals surface area (Å²) in [6.45, 7) is 3.28. The van der Waals surface area contributed by atoms with Crippen molar-refractivity contribution < 1.29 is 14.3 Å². The number of hydrogen-bond donors (Lipinski definition) is 2. The zero-order valence-electron chi connectivity index (χ0n) is 20.6. The number of carbonyl (C=O) groups excluding carboxylic acids is 1. The molecule has 2 aromatic carbocycles. The summed E-state index contributed by atoms with van der Waals surface area (Å²) in [6, 6.07) is 11.6. The van der Waals surface area contributed by atoms with E-state index in [-0.39, 0.29) is 5.56 Å². The van der Waals surface area contributed by atoms with E-state index in [1.807, 2.05) is 74.1 Å². The van der Waals surface area contributed by atoms with Crippen LogP contribution in [0.25, 0.3) is 22.2 Å². The summed E-state index contributed by atoms with van der Waals surface area (Å²) in [5.74, 6) is 0.469. The van der Waals surface area contributed by atoms with Crippen LogP contribution in [0.1, 0.15) is 15.9 Å². The second-order valence-electron chi connectivity index (χ2n) is 8.60. The zero-order valence-corrected chi connectivity index (χ0v) is 20.6. The van der Waals surface area contributed by atoms with Gasteiger partial charge in [-0.25, -0.2) is 14.8 Å². The monoisotopic (exact) mass is 474 g/mol. The highest BCUT2D eigenvalue weighted by Gasteiger charge is 2.20. The van der Waals surface area contributed by atoms with Gasteiger partial charge in [0.1, 0.15) is 17.9 Å². The Labute approximate surface area is 204 Å². The second-order valence-corrected chi connectivity index (χ2v) is 8.60. The molecule has 2 heterocycles. The predicted molar refractivity (Wildman–Crippen MR) is 138 cm³/mol. The number of nitrogen functional groups attached to an aromatic ring is 1. The van der Waals surface area contributed by atoms with Gasteiger partial charge in [-0.1, -0.05) is 18.2 Å². The zero-order chi connectivity index (χ0) is 25.1. The smallest absolute Gasteiger partial charge is 0.341 e. The van der Waals surface area contributed by atoms with E-state index in [9.17, 15) is 4.79 Å². The number of para-hydroxylation sites is 1. The van der Waals surface area contributed by atoms with Crippen molar-refractivity contribution in [1.29, 1.82) is 0 Å². The van der Waals surface area contributed by atoms with Gasteiger partial charge in [-0.05, 0) is 44.8 Å². The van der Waals surface area contributed by atoms with Gasteiger partial charge in [0, 0.05) is 48.1 Å². The molecule has 0 radical (unpaired) electrons. The molecule has 0 atom stereocenters. The summed E-state index contributed by atoms with van der Waals surface area (Å²) >= 11 is 0. The van der Waals surface area contributed by atoms with Crippen LogP contribution in [0, 0.1) is 6.92 Å². The van der Waals surface area contributed by atoms with Crippen LogP contribution >= 0.6 is 0 Å². The molecule has 2 aromatic heterocycles. The molecule has 0 spiro atoms. The van der Waals surface area contributed by atoms with E-state index in [1.165, 1.54) is 13.3 Å². The Hall–Kier alpha value is -4.11. The summed E-state index contributed by atoms with van der Waals surface area (Å²) in [7, 11) is 7.28. The van der Waals surface area contributed by atoms with Crippen molar-refractivity contribution in [2.24, 2.45) is 7.05 Å². The van der Waals surface area contributed by atoms with Gasteiger partial charge >= 0.3 is 5.97 Å². The van der Waals surface area contributed by atoms with E-state index < -0.39 is 5.97 Å². The first-order valence-electron chi connectivity index (χ1n) is 11.2. The van der Waals surface area contributed by atoms with Crippen LogP contribution in [-0.4, -0.2) is 59.8 Å². The maximum absolute atomic E-state index is 12.5. The van der Waals surface area contributed by atoms with Gasteiger partial charge in [-0.3, -0.25) is 0 Å². The van der Waals surface area contributed by atoms with Gasteiger partial charge in [0.15, 0.2) is 0 Å². The molecule has 0 bridgehead atoms. The number of nitrogens with two attached hydrogens (primary N) is 1. The van der Waals surface area contributed by atoms with Crippen LogP contribution < -0.4 is 15.8 Å². The molecule has 182 valence electrons. The Kier molecular flexibility index (Phi) is 6.88. The average molecular weight is 475 g/mol. The number of likely N-dealkylation sites (N-methyl/N-ethyl adjacent to an activating group) is 1. The first-order chi connectivity index (χ1) is 16.8. The molecule has 4 rings (SSSR count). The van der Waals surface area contributed by atoms with Crippen molar-refractivity contribution in [3.63, 3.8) is 0 Å². The Bertz CT molecular complexity index is 1380. The van der Waals surface area contributed by atoms with E-state index in [1.54, 1.807) is 6.07 Å². The van der Waals surface area contributed by atoms with Crippen LogP contribution in [0.5, 0.6) is 5.75 Å².